The maximum Gasteiger partial charge on any atom is 0.137 e. The molecule has 0 saturated carbocycles. The normalized spacial score (nSPS) is 13.8. The van der Waals surface area contributed by atoms with E-state index in [0.29, 0.717) is 22.2 Å². The summed E-state index contributed by atoms with van der Waals surface area (Å²) < 4.78 is 5.19. The summed E-state index contributed by atoms with van der Waals surface area (Å²) in [6, 6.07) is 12.7. The zero-order valence-corrected chi connectivity index (χ0v) is 12.9. The van der Waals surface area contributed by atoms with Crippen molar-refractivity contribution in [2.45, 2.75) is 18.9 Å². The fraction of sp³-hybridized carbons (Fsp3) is 0.250. The van der Waals surface area contributed by atoms with E-state index in [1.807, 2.05) is 24.3 Å². The van der Waals surface area contributed by atoms with E-state index in [4.69, 9.17) is 27.9 Å². The van der Waals surface area contributed by atoms with Gasteiger partial charge in [0.2, 0.25) is 0 Å². The molecule has 0 spiro atoms. The predicted molar refractivity (Wildman–Crippen MR) is 82.7 cm³/mol. The van der Waals surface area contributed by atoms with Crippen LogP contribution in [-0.4, -0.2) is 12.2 Å². The first-order valence-corrected chi connectivity index (χ1v) is 6.99. The molecule has 0 radical (unpaired) electrons. The topological polar surface area (TPSA) is 29.5 Å². The van der Waals surface area contributed by atoms with Gasteiger partial charge in [0.15, 0.2) is 0 Å². The van der Waals surface area contributed by atoms with Crippen LogP contribution in [0.4, 0.5) is 0 Å². The van der Waals surface area contributed by atoms with Crippen LogP contribution in [0.15, 0.2) is 42.5 Å². The zero-order chi connectivity index (χ0) is 14.8. The van der Waals surface area contributed by atoms with Crippen molar-refractivity contribution in [3.05, 3.63) is 63.6 Å². The Morgan fingerprint density at radius 1 is 1.10 bits per heavy atom. The van der Waals surface area contributed by atoms with Crippen molar-refractivity contribution in [2.24, 2.45) is 0 Å². The summed E-state index contributed by atoms with van der Waals surface area (Å²) in [6.07, 6.45) is 0.481. The first-order chi connectivity index (χ1) is 9.42. The van der Waals surface area contributed by atoms with E-state index in [0.717, 1.165) is 11.1 Å². The molecule has 106 valence electrons. The third kappa shape index (κ3) is 3.45. The number of halogens is 2. The van der Waals surface area contributed by atoms with Crippen LogP contribution in [0.3, 0.4) is 0 Å². The molecule has 0 aliphatic rings. The standard InChI is InChI=1S/C16H16Cl2O2/c1-16(19,10-11-3-6-13(17)7-4-11)12-5-8-14(18)15(9-12)20-2/h3-9,19H,10H2,1-2H3. The van der Waals surface area contributed by atoms with Crippen LogP contribution in [0.2, 0.25) is 10.0 Å². The molecule has 0 saturated heterocycles. The van der Waals surface area contributed by atoms with E-state index in [1.165, 1.54) is 0 Å². The number of aliphatic hydroxyl groups is 1. The molecule has 2 aromatic carbocycles. The lowest BCUT2D eigenvalue weighted by molar-refractivity contribution is 0.0574. The summed E-state index contributed by atoms with van der Waals surface area (Å²) in [7, 11) is 1.55. The molecule has 2 nitrogen and oxygen atoms in total. The van der Waals surface area contributed by atoms with Crippen LogP contribution < -0.4 is 4.74 Å². The number of hydrogen-bond acceptors (Lipinski definition) is 2. The van der Waals surface area contributed by atoms with Gasteiger partial charge in [-0.25, -0.2) is 0 Å². The lowest BCUT2D eigenvalue weighted by atomic mass is 9.89. The van der Waals surface area contributed by atoms with Gasteiger partial charge in [-0.3, -0.25) is 0 Å². The van der Waals surface area contributed by atoms with Gasteiger partial charge in [0.05, 0.1) is 17.7 Å². The summed E-state index contributed by atoms with van der Waals surface area (Å²) in [5.74, 6) is 0.556. The molecular weight excluding hydrogens is 295 g/mol. The van der Waals surface area contributed by atoms with Crippen molar-refractivity contribution in [2.75, 3.05) is 7.11 Å². The van der Waals surface area contributed by atoms with Crippen molar-refractivity contribution in [3.63, 3.8) is 0 Å². The van der Waals surface area contributed by atoms with Gasteiger partial charge in [-0.15, -0.1) is 0 Å². The smallest absolute Gasteiger partial charge is 0.137 e. The number of benzene rings is 2. The average molecular weight is 311 g/mol. The number of hydrogen-bond donors (Lipinski definition) is 1. The van der Waals surface area contributed by atoms with E-state index in [-0.39, 0.29) is 0 Å². The molecule has 0 amide bonds. The summed E-state index contributed by atoms with van der Waals surface area (Å²) in [4.78, 5) is 0. The quantitative estimate of drug-likeness (QED) is 0.904. The van der Waals surface area contributed by atoms with Crippen LogP contribution in [0.25, 0.3) is 0 Å². The largest absolute Gasteiger partial charge is 0.495 e. The number of methoxy groups -OCH3 is 1. The van der Waals surface area contributed by atoms with Gasteiger partial charge in [0.1, 0.15) is 5.75 Å². The van der Waals surface area contributed by atoms with Crippen molar-refractivity contribution in [1.29, 1.82) is 0 Å². The molecule has 1 N–H and O–H groups in total. The minimum absolute atomic E-state index is 0.481. The van der Waals surface area contributed by atoms with Gasteiger partial charge in [0, 0.05) is 11.4 Å². The SMILES string of the molecule is COc1cc(C(C)(O)Cc2ccc(Cl)cc2)ccc1Cl. The molecule has 0 aliphatic heterocycles. The Bertz CT molecular complexity index is 592. The molecule has 1 atom stereocenters. The van der Waals surface area contributed by atoms with E-state index in [1.54, 1.807) is 32.2 Å². The minimum Gasteiger partial charge on any atom is -0.495 e. The van der Waals surface area contributed by atoms with E-state index in [2.05, 4.69) is 0 Å². The highest BCUT2D eigenvalue weighted by Gasteiger charge is 2.24. The van der Waals surface area contributed by atoms with E-state index >= 15 is 0 Å². The van der Waals surface area contributed by atoms with Gasteiger partial charge in [-0.1, -0.05) is 41.4 Å². The first-order valence-electron chi connectivity index (χ1n) is 6.23. The zero-order valence-electron chi connectivity index (χ0n) is 11.4. The summed E-state index contributed by atoms with van der Waals surface area (Å²) in [6.45, 7) is 1.77. The second-order valence-electron chi connectivity index (χ2n) is 4.93. The highest BCUT2D eigenvalue weighted by Crippen LogP contribution is 2.32. The molecule has 0 bridgehead atoms. The van der Waals surface area contributed by atoms with Gasteiger partial charge < -0.3 is 9.84 Å². The average Bonchev–Trinajstić information content (AvgIpc) is 2.41. The summed E-state index contributed by atoms with van der Waals surface area (Å²) in [5, 5.41) is 11.9. The Morgan fingerprint density at radius 2 is 1.75 bits per heavy atom. The molecule has 0 fully saturated rings. The van der Waals surface area contributed by atoms with Crippen LogP contribution in [0.1, 0.15) is 18.1 Å². The Morgan fingerprint density at radius 3 is 2.35 bits per heavy atom. The summed E-state index contributed by atoms with van der Waals surface area (Å²) in [5.41, 5.74) is 0.758. The number of ether oxygens (including phenoxy) is 1. The minimum atomic E-state index is -1.01. The highest BCUT2D eigenvalue weighted by atomic mass is 35.5. The van der Waals surface area contributed by atoms with Gasteiger partial charge in [-0.2, -0.15) is 0 Å². The van der Waals surface area contributed by atoms with Crippen LogP contribution in [-0.2, 0) is 12.0 Å². The van der Waals surface area contributed by atoms with E-state index < -0.39 is 5.60 Å². The summed E-state index contributed by atoms with van der Waals surface area (Å²) >= 11 is 11.9. The third-order valence-corrected chi connectivity index (χ3v) is 3.80. The molecule has 0 aliphatic carbocycles. The molecule has 0 aromatic heterocycles. The van der Waals surface area contributed by atoms with Crippen LogP contribution in [0, 0.1) is 0 Å². The van der Waals surface area contributed by atoms with Crippen molar-refractivity contribution >= 4 is 23.2 Å². The van der Waals surface area contributed by atoms with Gasteiger partial charge in [0.25, 0.3) is 0 Å². The first kappa shape index (κ1) is 15.2. The van der Waals surface area contributed by atoms with Gasteiger partial charge >= 0.3 is 0 Å². The highest BCUT2D eigenvalue weighted by molar-refractivity contribution is 6.32. The molecule has 2 aromatic rings. The lowest BCUT2D eigenvalue weighted by Gasteiger charge is -2.24. The Hall–Kier alpha value is -1.22. The van der Waals surface area contributed by atoms with Crippen molar-refractivity contribution in [3.8, 4) is 5.75 Å². The molecule has 4 heteroatoms. The second kappa shape index (κ2) is 6.04. The van der Waals surface area contributed by atoms with E-state index in [9.17, 15) is 5.11 Å². The third-order valence-electron chi connectivity index (χ3n) is 3.23. The van der Waals surface area contributed by atoms with Crippen LogP contribution >= 0.6 is 23.2 Å². The Balaban J connectivity index is 2.27. The molecule has 1 unspecified atom stereocenters. The predicted octanol–water partition coefficient (Wildman–Crippen LogP) is 4.45. The maximum atomic E-state index is 10.7. The number of rotatable bonds is 4. The fourth-order valence-electron chi connectivity index (χ4n) is 2.10. The fourth-order valence-corrected chi connectivity index (χ4v) is 2.42. The van der Waals surface area contributed by atoms with Crippen molar-refractivity contribution in [1.82, 2.24) is 0 Å². The molecule has 0 heterocycles. The Labute approximate surface area is 128 Å². The van der Waals surface area contributed by atoms with Gasteiger partial charge in [-0.05, 0) is 42.3 Å². The Kier molecular flexibility index (Phi) is 4.59. The monoisotopic (exact) mass is 310 g/mol. The lowest BCUT2D eigenvalue weighted by Crippen LogP contribution is -2.24. The maximum absolute atomic E-state index is 10.7. The second-order valence-corrected chi connectivity index (χ2v) is 5.77. The van der Waals surface area contributed by atoms with Crippen molar-refractivity contribution < 1.29 is 9.84 Å². The molecular formula is C16H16Cl2O2. The molecule has 2 rings (SSSR count). The molecule has 20 heavy (non-hydrogen) atoms. The van der Waals surface area contributed by atoms with Crippen LogP contribution in [0.5, 0.6) is 5.75 Å².